The summed E-state index contributed by atoms with van der Waals surface area (Å²) in [7, 11) is 0. The van der Waals surface area contributed by atoms with Gasteiger partial charge in [-0.2, -0.15) is 0 Å². The predicted octanol–water partition coefficient (Wildman–Crippen LogP) is 2.21. The molecule has 0 aromatic carbocycles. The molecule has 0 spiro atoms. The van der Waals surface area contributed by atoms with Crippen LogP contribution < -0.4 is 0 Å². The number of rotatable bonds is 2. The lowest BCUT2D eigenvalue weighted by Gasteiger charge is -2.63. The lowest BCUT2D eigenvalue weighted by Crippen LogP contribution is -2.64. The normalized spacial score (nSPS) is 55.3. The number of ether oxygens (including phenoxy) is 4. The van der Waals surface area contributed by atoms with E-state index in [4.69, 9.17) is 18.9 Å². The van der Waals surface area contributed by atoms with E-state index in [0.717, 1.165) is 44.0 Å². The Morgan fingerprint density at radius 1 is 1.00 bits per heavy atom. The monoisotopic (exact) mass is 530 g/mol. The third-order valence-corrected chi connectivity index (χ3v) is 12.0. The van der Waals surface area contributed by atoms with Crippen molar-refractivity contribution in [2.75, 3.05) is 6.61 Å². The summed E-state index contributed by atoms with van der Waals surface area (Å²) in [5.74, 6) is -1.01. The molecule has 3 heterocycles. The van der Waals surface area contributed by atoms with Crippen molar-refractivity contribution < 1.29 is 43.5 Å². The van der Waals surface area contributed by atoms with Gasteiger partial charge in [-0.1, -0.05) is 6.92 Å². The van der Waals surface area contributed by atoms with Gasteiger partial charge in [-0.25, -0.2) is 9.59 Å². The molecule has 38 heavy (non-hydrogen) atoms. The fraction of sp³-hybridized carbons (Fsp3) is 0.828. The van der Waals surface area contributed by atoms with Crippen LogP contribution in [-0.2, 0) is 33.3 Å². The van der Waals surface area contributed by atoms with Gasteiger partial charge in [0.1, 0.15) is 19.0 Å². The second-order valence-electron chi connectivity index (χ2n) is 13.5. The fourth-order valence-electron chi connectivity index (χ4n) is 10.2. The molecule has 12 atom stereocenters. The molecule has 6 fully saturated rings. The molecule has 0 aromatic heterocycles. The molecule has 9 heteroatoms. The third-order valence-electron chi connectivity index (χ3n) is 12.0. The van der Waals surface area contributed by atoms with Gasteiger partial charge in [0, 0.05) is 23.3 Å². The van der Waals surface area contributed by atoms with Gasteiger partial charge in [0.2, 0.25) is 5.60 Å². The summed E-state index contributed by atoms with van der Waals surface area (Å²) in [6, 6.07) is 0. The Morgan fingerprint density at radius 3 is 2.55 bits per heavy atom. The van der Waals surface area contributed by atoms with Crippen molar-refractivity contribution in [2.24, 2.45) is 34.5 Å². The van der Waals surface area contributed by atoms with Crippen molar-refractivity contribution in [2.45, 2.75) is 107 Å². The zero-order chi connectivity index (χ0) is 26.7. The predicted molar refractivity (Wildman–Crippen MR) is 130 cm³/mol. The van der Waals surface area contributed by atoms with E-state index in [1.807, 2.05) is 0 Å². The van der Waals surface area contributed by atoms with E-state index in [-0.39, 0.29) is 42.2 Å². The molecule has 0 aromatic rings. The number of cyclic esters (lactones) is 1. The second-order valence-corrected chi connectivity index (χ2v) is 13.5. The maximum Gasteiger partial charge on any atom is 0.344 e. The van der Waals surface area contributed by atoms with Crippen LogP contribution in [0.5, 0.6) is 0 Å². The van der Waals surface area contributed by atoms with Crippen LogP contribution in [0.4, 0.5) is 0 Å². The van der Waals surface area contributed by atoms with E-state index in [1.54, 1.807) is 13.0 Å². The molecular weight excluding hydrogens is 492 g/mol. The highest BCUT2D eigenvalue weighted by Crippen LogP contribution is 2.70. The quantitative estimate of drug-likeness (QED) is 0.408. The van der Waals surface area contributed by atoms with Crippen LogP contribution >= 0.6 is 0 Å². The van der Waals surface area contributed by atoms with E-state index in [9.17, 15) is 24.6 Å². The van der Waals surface area contributed by atoms with E-state index in [2.05, 4.69) is 6.92 Å². The van der Waals surface area contributed by atoms with Crippen molar-refractivity contribution in [3.63, 3.8) is 0 Å². The Kier molecular flexibility index (Phi) is 5.38. The van der Waals surface area contributed by atoms with E-state index in [0.29, 0.717) is 25.9 Å². The van der Waals surface area contributed by atoms with Crippen molar-refractivity contribution in [1.29, 1.82) is 0 Å². The van der Waals surface area contributed by atoms with Crippen molar-refractivity contribution in [3.05, 3.63) is 11.6 Å². The summed E-state index contributed by atoms with van der Waals surface area (Å²) in [5.41, 5.74) is -2.93. The molecule has 0 radical (unpaired) electrons. The summed E-state index contributed by atoms with van der Waals surface area (Å²) >= 11 is 0. The molecule has 3 aliphatic heterocycles. The van der Waals surface area contributed by atoms with Gasteiger partial charge in [-0.3, -0.25) is 0 Å². The zero-order valence-electron chi connectivity index (χ0n) is 22.1. The number of aldehydes is 1. The minimum absolute atomic E-state index is 0.0345. The largest absolute Gasteiger partial charge is 0.458 e. The lowest BCUT2D eigenvalue weighted by molar-refractivity contribution is -0.240. The Balaban J connectivity index is 1.19. The average molecular weight is 531 g/mol. The SMILES string of the molecule is CC1CC2(O)C(=O)OC3CC4(C=O)C(CCC5C4CCC4(C)C(C6=CC(=O)OC6)CCC54O)CC3OC2O1. The second kappa shape index (κ2) is 8.12. The van der Waals surface area contributed by atoms with Crippen LogP contribution in [-0.4, -0.2) is 70.8 Å². The first-order valence-electron chi connectivity index (χ1n) is 14.3. The number of fused-ring (bicyclic) bond motifs is 7. The van der Waals surface area contributed by atoms with Gasteiger partial charge in [-0.05, 0) is 87.5 Å². The third kappa shape index (κ3) is 3.10. The van der Waals surface area contributed by atoms with Crippen LogP contribution in [0.1, 0.15) is 71.6 Å². The fourth-order valence-corrected chi connectivity index (χ4v) is 10.2. The van der Waals surface area contributed by atoms with E-state index >= 15 is 0 Å². The molecule has 0 bridgehead atoms. The highest BCUT2D eigenvalue weighted by atomic mass is 16.7. The van der Waals surface area contributed by atoms with Gasteiger partial charge in [0.05, 0.1) is 17.8 Å². The maximum absolute atomic E-state index is 13.1. The summed E-state index contributed by atoms with van der Waals surface area (Å²) in [4.78, 5) is 38.0. The number of hydrogen-bond acceptors (Lipinski definition) is 9. The molecule has 7 rings (SSSR count). The van der Waals surface area contributed by atoms with Crippen LogP contribution in [0, 0.1) is 34.5 Å². The Hall–Kier alpha value is -1.81. The summed E-state index contributed by atoms with van der Waals surface area (Å²) in [6.07, 6.45) is 5.77. The number of carbonyl (C=O) groups is 3. The van der Waals surface area contributed by atoms with Crippen LogP contribution in [0.25, 0.3) is 0 Å². The highest BCUT2D eigenvalue weighted by molar-refractivity contribution is 5.85. The van der Waals surface area contributed by atoms with E-state index in [1.165, 1.54) is 0 Å². The molecular formula is C29H38O9. The topological polar surface area (TPSA) is 129 Å². The number of aliphatic hydroxyl groups is 2. The van der Waals surface area contributed by atoms with Crippen LogP contribution in [0.3, 0.4) is 0 Å². The first-order chi connectivity index (χ1) is 18.0. The molecule has 7 aliphatic rings. The van der Waals surface area contributed by atoms with Gasteiger partial charge >= 0.3 is 11.9 Å². The molecule has 208 valence electrons. The van der Waals surface area contributed by atoms with Crippen molar-refractivity contribution >= 4 is 18.2 Å². The van der Waals surface area contributed by atoms with Gasteiger partial charge in [0.15, 0.2) is 6.29 Å². The summed E-state index contributed by atoms with van der Waals surface area (Å²) in [5, 5.41) is 23.5. The average Bonchev–Trinajstić information content (AvgIpc) is 3.50. The Bertz CT molecular complexity index is 1100. The molecule has 4 aliphatic carbocycles. The molecule has 2 N–H and O–H groups in total. The van der Waals surface area contributed by atoms with Crippen LogP contribution in [0.2, 0.25) is 0 Å². The van der Waals surface area contributed by atoms with Gasteiger partial charge in [0.25, 0.3) is 0 Å². The Morgan fingerprint density at radius 2 is 1.82 bits per heavy atom. The lowest BCUT2D eigenvalue weighted by atomic mass is 9.42. The first kappa shape index (κ1) is 25.2. The molecule has 2 saturated heterocycles. The number of hydrogen-bond donors (Lipinski definition) is 2. The van der Waals surface area contributed by atoms with Crippen molar-refractivity contribution in [1.82, 2.24) is 0 Å². The minimum Gasteiger partial charge on any atom is -0.458 e. The maximum atomic E-state index is 13.1. The summed E-state index contributed by atoms with van der Waals surface area (Å²) < 4.78 is 23.1. The zero-order valence-corrected chi connectivity index (χ0v) is 22.1. The minimum atomic E-state index is -1.83. The number of carbonyl (C=O) groups excluding carboxylic acids is 3. The standard InChI is InChI=1S/C29H38O9/c1-15-11-28(33)24(32)37-22-12-27(14-30)17(10-21(22)38-25(28)36-15)3-4-20-19(27)5-7-26(2)18(6-8-29(20,26)34)16-9-23(31)35-13-16/h9,14-15,17-22,25,33-34H,3-8,10-13H2,1-2H3. The van der Waals surface area contributed by atoms with Crippen molar-refractivity contribution in [3.8, 4) is 0 Å². The number of esters is 2. The van der Waals surface area contributed by atoms with Gasteiger partial charge in [-0.15, -0.1) is 0 Å². The highest BCUT2D eigenvalue weighted by Gasteiger charge is 2.70. The van der Waals surface area contributed by atoms with Gasteiger partial charge < -0.3 is 34.0 Å². The summed E-state index contributed by atoms with van der Waals surface area (Å²) in [6.45, 7) is 4.25. The van der Waals surface area contributed by atoms with E-state index < -0.39 is 46.5 Å². The van der Waals surface area contributed by atoms with Crippen LogP contribution in [0.15, 0.2) is 11.6 Å². The molecule has 0 amide bonds. The first-order valence-corrected chi connectivity index (χ1v) is 14.3. The Labute approximate surface area is 222 Å². The molecule has 9 nitrogen and oxygen atoms in total. The molecule has 4 saturated carbocycles. The molecule has 12 unspecified atom stereocenters. The smallest absolute Gasteiger partial charge is 0.344 e.